The van der Waals surface area contributed by atoms with E-state index < -0.39 is 11.7 Å². The lowest BCUT2D eigenvalue weighted by Crippen LogP contribution is -2.31. The van der Waals surface area contributed by atoms with Crippen LogP contribution in [0.3, 0.4) is 0 Å². The molecule has 2 aliphatic rings. The molecule has 1 fully saturated rings. The standard InChI is InChI=1S/C22H22F3N5O.C2H6/c1-13-9-27-20-28-18(26-10-14-4-3-5-15(8-14)22(23,24)25)16-11-29(12-17(16)30(13)20)19(31)21(2)6-7-21;1-2/h3-5,8-9H,6-7,10-12H2,1-2H3,(H,26,27,28);1-2H3. The van der Waals surface area contributed by atoms with Crippen LogP contribution in [0.15, 0.2) is 30.5 Å². The van der Waals surface area contributed by atoms with E-state index in [-0.39, 0.29) is 17.9 Å². The monoisotopic (exact) mass is 459 g/mol. The van der Waals surface area contributed by atoms with Gasteiger partial charge in [-0.2, -0.15) is 18.2 Å². The Kier molecular flexibility index (Phi) is 5.84. The molecule has 1 aliphatic carbocycles. The third kappa shape index (κ3) is 4.28. The number of alkyl halides is 3. The van der Waals surface area contributed by atoms with Crippen LogP contribution in [0.25, 0.3) is 5.78 Å². The van der Waals surface area contributed by atoms with Gasteiger partial charge in [-0.3, -0.25) is 9.20 Å². The Morgan fingerprint density at radius 2 is 1.94 bits per heavy atom. The van der Waals surface area contributed by atoms with Crippen molar-refractivity contribution < 1.29 is 18.0 Å². The van der Waals surface area contributed by atoms with E-state index in [1.54, 1.807) is 12.3 Å². The quantitative estimate of drug-likeness (QED) is 0.572. The van der Waals surface area contributed by atoms with Gasteiger partial charge in [0.05, 0.1) is 30.5 Å². The molecule has 3 aromatic rings. The third-order valence-corrected chi connectivity index (χ3v) is 6.24. The molecular weight excluding hydrogens is 431 g/mol. The molecule has 0 spiro atoms. The summed E-state index contributed by atoms with van der Waals surface area (Å²) in [6.07, 6.45) is -0.859. The number of carbonyl (C=O) groups is 1. The summed E-state index contributed by atoms with van der Waals surface area (Å²) in [4.78, 5) is 23.7. The molecule has 0 saturated heterocycles. The molecule has 9 heteroatoms. The SMILES string of the molecule is CC.Cc1cnc2nc(NCc3cccc(C(F)(F)F)c3)c3c(n12)CN(C(=O)C1(C)CC1)C3. The lowest BCUT2D eigenvalue weighted by atomic mass is 10.1. The van der Waals surface area contributed by atoms with Gasteiger partial charge in [-0.25, -0.2) is 4.98 Å². The molecule has 2 aromatic heterocycles. The summed E-state index contributed by atoms with van der Waals surface area (Å²) in [6.45, 7) is 9.00. The predicted molar refractivity (Wildman–Crippen MR) is 119 cm³/mol. The Balaban J connectivity index is 0.00000126. The van der Waals surface area contributed by atoms with E-state index >= 15 is 0 Å². The van der Waals surface area contributed by atoms with Gasteiger partial charge in [0.15, 0.2) is 0 Å². The highest BCUT2D eigenvalue weighted by atomic mass is 19.4. The minimum atomic E-state index is -4.39. The summed E-state index contributed by atoms with van der Waals surface area (Å²) in [5.74, 6) is 1.20. The van der Waals surface area contributed by atoms with Crippen LogP contribution in [0.1, 0.15) is 61.7 Å². The number of nitrogens with one attached hydrogen (secondary N) is 1. The number of amides is 1. The number of hydrogen-bond acceptors (Lipinski definition) is 4. The zero-order chi connectivity index (χ0) is 24.0. The molecule has 0 radical (unpaired) electrons. The molecule has 1 aromatic carbocycles. The fraction of sp³-hybridized carbons (Fsp3) is 0.458. The lowest BCUT2D eigenvalue weighted by Gasteiger charge is -2.19. The number of nitrogens with zero attached hydrogens (tertiary/aromatic N) is 4. The van der Waals surface area contributed by atoms with Crippen LogP contribution in [0.4, 0.5) is 19.0 Å². The van der Waals surface area contributed by atoms with Gasteiger partial charge in [0, 0.05) is 23.2 Å². The molecule has 6 nitrogen and oxygen atoms in total. The molecule has 5 rings (SSSR count). The minimum absolute atomic E-state index is 0.137. The van der Waals surface area contributed by atoms with Gasteiger partial charge in [-0.1, -0.05) is 32.9 Å². The van der Waals surface area contributed by atoms with Crippen molar-refractivity contribution in [3.63, 3.8) is 0 Å². The average molecular weight is 460 g/mol. The van der Waals surface area contributed by atoms with Gasteiger partial charge in [-0.05, 0) is 37.5 Å². The number of aromatic nitrogens is 3. The first-order valence-electron chi connectivity index (χ1n) is 11.2. The summed E-state index contributed by atoms with van der Waals surface area (Å²) < 4.78 is 41.0. The number of carbonyl (C=O) groups excluding carboxylic acids is 1. The van der Waals surface area contributed by atoms with Gasteiger partial charge >= 0.3 is 6.18 Å². The van der Waals surface area contributed by atoms with Crippen LogP contribution in [0.2, 0.25) is 0 Å². The molecule has 0 unspecified atom stereocenters. The van der Waals surface area contributed by atoms with E-state index in [4.69, 9.17) is 0 Å². The highest BCUT2D eigenvalue weighted by Gasteiger charge is 2.48. The van der Waals surface area contributed by atoms with Crippen molar-refractivity contribution in [3.8, 4) is 0 Å². The minimum Gasteiger partial charge on any atom is -0.366 e. The summed E-state index contributed by atoms with van der Waals surface area (Å²) in [7, 11) is 0. The van der Waals surface area contributed by atoms with E-state index in [0.29, 0.717) is 30.2 Å². The first kappa shape index (κ1) is 23.1. The van der Waals surface area contributed by atoms with E-state index in [9.17, 15) is 18.0 Å². The van der Waals surface area contributed by atoms with Crippen LogP contribution >= 0.6 is 0 Å². The first-order chi connectivity index (χ1) is 15.7. The maximum Gasteiger partial charge on any atom is 0.416 e. The smallest absolute Gasteiger partial charge is 0.366 e. The van der Waals surface area contributed by atoms with E-state index in [1.807, 2.05) is 37.0 Å². The Morgan fingerprint density at radius 3 is 2.61 bits per heavy atom. The molecule has 1 amide bonds. The second kappa shape index (κ2) is 8.35. The van der Waals surface area contributed by atoms with Gasteiger partial charge in [0.25, 0.3) is 0 Å². The van der Waals surface area contributed by atoms with Crippen LogP contribution in [0, 0.1) is 12.3 Å². The molecule has 1 saturated carbocycles. The summed E-state index contributed by atoms with van der Waals surface area (Å²) in [6, 6.07) is 5.23. The molecule has 1 N–H and O–H groups in total. The normalized spacial score (nSPS) is 16.3. The summed E-state index contributed by atoms with van der Waals surface area (Å²) in [5, 5.41) is 3.19. The van der Waals surface area contributed by atoms with Gasteiger partial charge in [-0.15, -0.1) is 0 Å². The number of aryl methyl sites for hydroxylation is 1. The summed E-state index contributed by atoms with van der Waals surface area (Å²) in [5.41, 5.74) is 2.31. The average Bonchev–Trinajstić information content (AvgIpc) is 3.22. The third-order valence-electron chi connectivity index (χ3n) is 6.24. The Hall–Kier alpha value is -3.10. The lowest BCUT2D eigenvalue weighted by molar-refractivity contribution is -0.138. The Bertz CT molecular complexity index is 1200. The molecular formula is C24H28F3N5O. The first-order valence-corrected chi connectivity index (χ1v) is 11.2. The zero-order valence-corrected chi connectivity index (χ0v) is 19.3. The van der Waals surface area contributed by atoms with E-state index in [2.05, 4.69) is 15.3 Å². The number of anilines is 1. The molecule has 176 valence electrons. The summed E-state index contributed by atoms with van der Waals surface area (Å²) >= 11 is 0. The zero-order valence-electron chi connectivity index (χ0n) is 19.3. The maximum atomic E-state index is 13.0. The molecule has 0 bridgehead atoms. The van der Waals surface area contributed by atoms with Gasteiger partial charge < -0.3 is 10.2 Å². The van der Waals surface area contributed by atoms with Crippen molar-refractivity contribution in [1.29, 1.82) is 0 Å². The number of hydrogen-bond donors (Lipinski definition) is 1. The van der Waals surface area contributed by atoms with Gasteiger partial charge in [0.1, 0.15) is 5.82 Å². The number of benzene rings is 1. The fourth-order valence-corrected chi connectivity index (χ4v) is 4.15. The van der Waals surface area contributed by atoms with Gasteiger partial charge in [0.2, 0.25) is 11.7 Å². The van der Waals surface area contributed by atoms with Crippen molar-refractivity contribution in [2.75, 3.05) is 5.32 Å². The van der Waals surface area contributed by atoms with Crippen LogP contribution in [-0.4, -0.2) is 25.2 Å². The number of rotatable bonds is 4. The largest absolute Gasteiger partial charge is 0.416 e. The van der Waals surface area contributed by atoms with Crippen molar-refractivity contribution in [2.24, 2.45) is 5.41 Å². The number of imidazole rings is 1. The second-order valence-electron chi connectivity index (χ2n) is 8.69. The second-order valence-corrected chi connectivity index (χ2v) is 8.69. The molecule has 33 heavy (non-hydrogen) atoms. The van der Waals surface area contributed by atoms with Crippen molar-refractivity contribution in [2.45, 2.75) is 66.3 Å². The Labute approximate surface area is 190 Å². The van der Waals surface area contributed by atoms with Crippen molar-refractivity contribution in [3.05, 3.63) is 58.5 Å². The van der Waals surface area contributed by atoms with Crippen molar-refractivity contribution in [1.82, 2.24) is 19.3 Å². The highest BCUT2D eigenvalue weighted by Crippen LogP contribution is 2.48. The Morgan fingerprint density at radius 1 is 1.21 bits per heavy atom. The topological polar surface area (TPSA) is 62.5 Å². The number of halogens is 3. The van der Waals surface area contributed by atoms with Crippen LogP contribution < -0.4 is 5.32 Å². The molecule has 1 aliphatic heterocycles. The molecule has 3 heterocycles. The van der Waals surface area contributed by atoms with E-state index in [1.165, 1.54) is 6.07 Å². The predicted octanol–water partition coefficient (Wildman–Crippen LogP) is 5.34. The van der Waals surface area contributed by atoms with Crippen LogP contribution in [-0.2, 0) is 30.6 Å². The van der Waals surface area contributed by atoms with Crippen molar-refractivity contribution >= 4 is 17.5 Å². The number of fused-ring (bicyclic) bond motifs is 3. The fourth-order valence-electron chi connectivity index (χ4n) is 4.15. The van der Waals surface area contributed by atoms with E-state index in [0.717, 1.165) is 41.9 Å². The highest BCUT2D eigenvalue weighted by molar-refractivity contribution is 5.85. The maximum absolute atomic E-state index is 13.0. The molecule has 0 atom stereocenters. The van der Waals surface area contributed by atoms with Crippen LogP contribution in [0.5, 0.6) is 0 Å².